The van der Waals surface area contributed by atoms with Crippen LogP contribution in [0, 0.1) is 0 Å². The monoisotopic (exact) mass is 371 g/mol. The van der Waals surface area contributed by atoms with Gasteiger partial charge < -0.3 is 19.0 Å². The highest BCUT2D eigenvalue weighted by molar-refractivity contribution is 5.33. The van der Waals surface area contributed by atoms with E-state index in [9.17, 15) is 0 Å². The topological polar surface area (TPSA) is 32.1 Å². The first-order valence-corrected chi connectivity index (χ1v) is 9.98. The van der Waals surface area contributed by atoms with Crippen molar-refractivity contribution in [1.82, 2.24) is 14.7 Å². The van der Waals surface area contributed by atoms with Crippen LogP contribution in [0.3, 0.4) is 0 Å². The van der Waals surface area contributed by atoms with E-state index in [1.807, 2.05) is 12.1 Å². The number of hydrogen-bond donors (Lipinski definition) is 0. The lowest BCUT2D eigenvalue weighted by atomic mass is 10.1. The molecular weight excluding hydrogens is 338 g/mol. The van der Waals surface area contributed by atoms with Gasteiger partial charge in [0.2, 0.25) is 0 Å². The third-order valence-electron chi connectivity index (χ3n) is 5.48. The van der Waals surface area contributed by atoms with Crippen LogP contribution in [0.25, 0.3) is 0 Å². The van der Waals surface area contributed by atoms with Gasteiger partial charge in [-0.25, -0.2) is 0 Å². The Morgan fingerprint density at radius 2 is 1.89 bits per heavy atom. The van der Waals surface area contributed by atoms with Crippen LogP contribution in [-0.4, -0.2) is 68.1 Å². The van der Waals surface area contributed by atoms with Crippen molar-refractivity contribution >= 4 is 0 Å². The molecule has 0 N–H and O–H groups in total. The molecule has 5 nitrogen and oxygen atoms in total. The molecule has 2 heterocycles. The van der Waals surface area contributed by atoms with Crippen molar-refractivity contribution in [1.29, 1.82) is 0 Å². The summed E-state index contributed by atoms with van der Waals surface area (Å²) in [5.41, 5.74) is 1.22. The lowest BCUT2D eigenvalue weighted by Crippen LogP contribution is -2.44. The molecule has 1 saturated heterocycles. The number of benzene rings is 1. The summed E-state index contributed by atoms with van der Waals surface area (Å²) in [6.07, 6.45) is 2.80. The van der Waals surface area contributed by atoms with Crippen molar-refractivity contribution in [2.24, 2.45) is 0 Å². The number of furan rings is 1. The fourth-order valence-corrected chi connectivity index (χ4v) is 3.47. The van der Waals surface area contributed by atoms with E-state index in [0.29, 0.717) is 0 Å². The summed E-state index contributed by atoms with van der Waals surface area (Å²) in [6, 6.07) is 12.6. The molecule has 1 unspecified atom stereocenters. The number of para-hydroxylation sites is 1. The normalized spacial score (nSPS) is 17.3. The van der Waals surface area contributed by atoms with Gasteiger partial charge in [-0.15, -0.1) is 0 Å². The second kappa shape index (κ2) is 9.93. The van der Waals surface area contributed by atoms with Crippen molar-refractivity contribution in [2.75, 3.05) is 53.4 Å². The third-order valence-corrected chi connectivity index (χ3v) is 5.48. The third kappa shape index (κ3) is 5.83. The molecule has 1 aliphatic heterocycles. The van der Waals surface area contributed by atoms with Crippen molar-refractivity contribution in [3.63, 3.8) is 0 Å². The molecule has 0 aliphatic carbocycles. The van der Waals surface area contributed by atoms with E-state index < -0.39 is 0 Å². The standard InChI is InChI=1S/C22H33N3O2/c1-19(21-10-6-16-26-21)24(3)18-20-8-4-5-9-22(20)27-17-7-11-25-14-12-23(2)13-15-25/h4-6,8-10,16,19H,7,11-15,17-18H2,1-3H3. The van der Waals surface area contributed by atoms with Gasteiger partial charge in [-0.2, -0.15) is 0 Å². The molecule has 0 amide bonds. The van der Waals surface area contributed by atoms with E-state index in [4.69, 9.17) is 9.15 Å². The van der Waals surface area contributed by atoms with Crippen LogP contribution in [0.4, 0.5) is 0 Å². The van der Waals surface area contributed by atoms with Crippen LogP contribution in [0.15, 0.2) is 47.1 Å². The maximum atomic E-state index is 6.13. The van der Waals surface area contributed by atoms with Crippen molar-refractivity contribution in [3.8, 4) is 5.75 Å². The zero-order valence-electron chi connectivity index (χ0n) is 16.9. The van der Waals surface area contributed by atoms with Crippen LogP contribution in [-0.2, 0) is 6.54 Å². The SMILES string of the molecule is CC(c1ccco1)N(C)Cc1ccccc1OCCCN1CCN(C)CC1. The molecule has 1 aromatic heterocycles. The summed E-state index contributed by atoms with van der Waals surface area (Å²) in [5.74, 6) is 1.98. The van der Waals surface area contributed by atoms with Crippen LogP contribution in [0.2, 0.25) is 0 Å². The fourth-order valence-electron chi connectivity index (χ4n) is 3.47. The second-order valence-corrected chi connectivity index (χ2v) is 7.56. The first kappa shape index (κ1) is 19.9. The molecule has 1 aliphatic rings. The lowest BCUT2D eigenvalue weighted by Gasteiger charge is -2.32. The van der Waals surface area contributed by atoms with Gasteiger partial charge in [0.05, 0.1) is 18.9 Å². The smallest absolute Gasteiger partial charge is 0.123 e. The highest BCUT2D eigenvalue weighted by atomic mass is 16.5. The minimum atomic E-state index is 0.227. The van der Waals surface area contributed by atoms with Gasteiger partial charge in [-0.1, -0.05) is 18.2 Å². The Morgan fingerprint density at radius 3 is 2.63 bits per heavy atom. The van der Waals surface area contributed by atoms with E-state index >= 15 is 0 Å². The summed E-state index contributed by atoms with van der Waals surface area (Å²) in [5, 5.41) is 0. The Hall–Kier alpha value is -1.82. The molecule has 2 aromatic rings. The van der Waals surface area contributed by atoms with Gasteiger partial charge in [0, 0.05) is 44.8 Å². The molecule has 5 heteroatoms. The lowest BCUT2D eigenvalue weighted by molar-refractivity contribution is 0.145. The maximum absolute atomic E-state index is 6.13. The predicted octanol–water partition coefficient (Wildman–Crippen LogP) is 3.49. The molecule has 0 radical (unpaired) electrons. The minimum absolute atomic E-state index is 0.227. The molecule has 0 bridgehead atoms. The fraction of sp³-hybridized carbons (Fsp3) is 0.545. The van der Waals surface area contributed by atoms with Gasteiger partial charge in [0.15, 0.2) is 0 Å². The van der Waals surface area contributed by atoms with Crippen LogP contribution >= 0.6 is 0 Å². The Kier molecular flexibility index (Phi) is 7.33. The molecule has 1 fully saturated rings. The number of likely N-dealkylation sites (N-methyl/N-ethyl adjacent to an activating group) is 1. The van der Waals surface area contributed by atoms with Gasteiger partial charge >= 0.3 is 0 Å². The number of ether oxygens (including phenoxy) is 1. The van der Waals surface area contributed by atoms with Crippen molar-refractivity contribution < 1.29 is 9.15 Å². The van der Waals surface area contributed by atoms with Crippen LogP contribution in [0.1, 0.15) is 30.7 Å². The Balaban J connectivity index is 1.47. The quantitative estimate of drug-likeness (QED) is 0.630. The predicted molar refractivity (Wildman–Crippen MR) is 109 cm³/mol. The van der Waals surface area contributed by atoms with Crippen LogP contribution in [0.5, 0.6) is 5.75 Å². The highest BCUT2D eigenvalue weighted by Gasteiger charge is 2.16. The maximum Gasteiger partial charge on any atom is 0.123 e. The number of rotatable bonds is 9. The summed E-state index contributed by atoms with van der Waals surface area (Å²) in [4.78, 5) is 7.21. The van der Waals surface area contributed by atoms with Crippen molar-refractivity contribution in [3.05, 3.63) is 54.0 Å². The zero-order chi connectivity index (χ0) is 19.1. The van der Waals surface area contributed by atoms with Crippen molar-refractivity contribution in [2.45, 2.75) is 25.9 Å². The average molecular weight is 372 g/mol. The first-order chi connectivity index (χ1) is 13.1. The Labute approximate surface area is 163 Å². The molecule has 1 aromatic carbocycles. The zero-order valence-corrected chi connectivity index (χ0v) is 16.9. The van der Waals surface area contributed by atoms with E-state index in [0.717, 1.165) is 37.6 Å². The van der Waals surface area contributed by atoms with E-state index in [1.54, 1.807) is 6.26 Å². The number of hydrogen-bond acceptors (Lipinski definition) is 5. The Morgan fingerprint density at radius 1 is 1.11 bits per heavy atom. The van der Waals surface area contributed by atoms with Gasteiger partial charge in [-0.3, -0.25) is 4.90 Å². The van der Waals surface area contributed by atoms with E-state index in [1.165, 1.54) is 31.7 Å². The summed E-state index contributed by atoms with van der Waals surface area (Å²) in [7, 11) is 4.32. The highest BCUT2D eigenvalue weighted by Crippen LogP contribution is 2.25. The Bertz CT molecular complexity index is 666. The van der Waals surface area contributed by atoms with E-state index in [-0.39, 0.29) is 6.04 Å². The summed E-state index contributed by atoms with van der Waals surface area (Å²) in [6.45, 7) is 9.56. The molecule has 0 spiro atoms. The first-order valence-electron chi connectivity index (χ1n) is 9.98. The second-order valence-electron chi connectivity index (χ2n) is 7.56. The van der Waals surface area contributed by atoms with Gasteiger partial charge in [0.25, 0.3) is 0 Å². The summed E-state index contributed by atoms with van der Waals surface area (Å²) < 4.78 is 11.7. The molecule has 3 rings (SSSR count). The number of piperazine rings is 1. The largest absolute Gasteiger partial charge is 0.493 e. The number of nitrogens with zero attached hydrogens (tertiary/aromatic N) is 3. The molecule has 27 heavy (non-hydrogen) atoms. The molecule has 1 atom stereocenters. The van der Waals surface area contributed by atoms with Gasteiger partial charge in [0.1, 0.15) is 11.5 Å². The average Bonchev–Trinajstić information content (AvgIpc) is 3.22. The minimum Gasteiger partial charge on any atom is -0.493 e. The van der Waals surface area contributed by atoms with Gasteiger partial charge in [-0.05, 0) is 45.6 Å². The van der Waals surface area contributed by atoms with E-state index in [2.05, 4.69) is 60.0 Å². The molecular formula is C22H33N3O2. The molecule has 0 saturated carbocycles. The van der Waals surface area contributed by atoms with Crippen LogP contribution < -0.4 is 4.74 Å². The molecule has 148 valence electrons. The summed E-state index contributed by atoms with van der Waals surface area (Å²) >= 11 is 0.